The topological polar surface area (TPSA) is 76.1 Å². The molecule has 0 atom stereocenters. The minimum Gasteiger partial charge on any atom is -0.457 e. The predicted molar refractivity (Wildman–Crippen MR) is 117 cm³/mol. The third-order valence-electron chi connectivity index (χ3n) is 4.31. The van der Waals surface area contributed by atoms with E-state index in [0.29, 0.717) is 22.7 Å². The molecule has 2 heterocycles. The molecule has 4 rings (SSSR count). The van der Waals surface area contributed by atoms with Crippen molar-refractivity contribution in [1.29, 1.82) is 0 Å². The number of aromatic nitrogens is 2. The van der Waals surface area contributed by atoms with Crippen LogP contribution in [0.3, 0.4) is 0 Å². The molecule has 1 amide bonds. The van der Waals surface area contributed by atoms with Gasteiger partial charge in [0.05, 0.1) is 0 Å². The van der Waals surface area contributed by atoms with Crippen molar-refractivity contribution in [2.75, 3.05) is 10.6 Å². The zero-order chi connectivity index (χ0) is 20.8. The van der Waals surface area contributed by atoms with Crippen molar-refractivity contribution in [2.45, 2.75) is 6.92 Å². The number of carbonyl (C=O) groups is 1. The van der Waals surface area contributed by atoms with E-state index in [4.69, 9.17) is 4.74 Å². The molecule has 0 radical (unpaired) electrons. The summed E-state index contributed by atoms with van der Waals surface area (Å²) in [5.74, 6) is 1.20. The van der Waals surface area contributed by atoms with Crippen LogP contribution in [0.4, 0.5) is 17.1 Å². The Morgan fingerprint density at radius 3 is 2.30 bits per heavy atom. The first kappa shape index (κ1) is 19.1. The molecule has 0 saturated heterocycles. The van der Waals surface area contributed by atoms with Crippen LogP contribution in [0.15, 0.2) is 91.4 Å². The van der Waals surface area contributed by atoms with Crippen molar-refractivity contribution in [3.05, 3.63) is 103 Å². The fourth-order valence-corrected chi connectivity index (χ4v) is 2.88. The van der Waals surface area contributed by atoms with Crippen LogP contribution in [-0.2, 0) is 0 Å². The molecule has 4 aromatic rings. The van der Waals surface area contributed by atoms with E-state index >= 15 is 0 Å². The van der Waals surface area contributed by atoms with Crippen LogP contribution < -0.4 is 15.4 Å². The van der Waals surface area contributed by atoms with E-state index in [-0.39, 0.29) is 5.91 Å². The lowest BCUT2D eigenvalue weighted by Gasteiger charge is -2.10. The lowest BCUT2D eigenvalue weighted by atomic mass is 10.1. The summed E-state index contributed by atoms with van der Waals surface area (Å²) in [6.45, 7) is 1.93. The van der Waals surface area contributed by atoms with Gasteiger partial charge in [0.15, 0.2) is 0 Å². The Labute approximate surface area is 174 Å². The summed E-state index contributed by atoms with van der Waals surface area (Å²) in [5, 5.41) is 6.20. The minimum absolute atomic E-state index is 0.188. The molecule has 0 unspecified atom stereocenters. The predicted octanol–water partition coefficient (Wildman–Crippen LogP) is 5.57. The number of nitrogens with zero attached hydrogens (tertiary/aromatic N) is 2. The molecule has 2 aromatic carbocycles. The smallest absolute Gasteiger partial charge is 0.255 e. The molecule has 0 bridgehead atoms. The molecule has 0 aliphatic heterocycles. The number of benzene rings is 2. The van der Waals surface area contributed by atoms with E-state index in [9.17, 15) is 4.79 Å². The standard InChI is InChI=1S/C24H20N4O2/c1-17-15-21(9-14-26-17)27-20-4-2-3-18(16-20)24(29)28-19-5-7-22(8-6-19)30-23-10-12-25-13-11-23/h2-16H,1H3,(H,26,27)(H,28,29). The summed E-state index contributed by atoms with van der Waals surface area (Å²) in [6.07, 6.45) is 5.09. The van der Waals surface area contributed by atoms with Crippen molar-refractivity contribution in [3.8, 4) is 11.5 Å². The number of ether oxygens (including phenoxy) is 1. The molecular weight excluding hydrogens is 376 g/mol. The molecule has 148 valence electrons. The Morgan fingerprint density at radius 1 is 0.800 bits per heavy atom. The second-order valence-electron chi connectivity index (χ2n) is 6.66. The van der Waals surface area contributed by atoms with Crippen LogP contribution in [-0.4, -0.2) is 15.9 Å². The summed E-state index contributed by atoms with van der Waals surface area (Å²) in [6, 6.07) is 22.0. The van der Waals surface area contributed by atoms with Gasteiger partial charge in [-0.05, 0) is 73.7 Å². The van der Waals surface area contributed by atoms with Gasteiger partial charge in [0.2, 0.25) is 0 Å². The van der Waals surface area contributed by atoms with Crippen molar-refractivity contribution < 1.29 is 9.53 Å². The molecule has 6 nitrogen and oxygen atoms in total. The lowest BCUT2D eigenvalue weighted by Crippen LogP contribution is -2.12. The van der Waals surface area contributed by atoms with Gasteiger partial charge in [0, 0.05) is 46.9 Å². The molecule has 2 N–H and O–H groups in total. The third-order valence-corrected chi connectivity index (χ3v) is 4.31. The zero-order valence-corrected chi connectivity index (χ0v) is 16.4. The maximum absolute atomic E-state index is 12.7. The molecule has 0 aliphatic rings. The third kappa shape index (κ3) is 4.99. The highest BCUT2D eigenvalue weighted by molar-refractivity contribution is 6.04. The van der Waals surface area contributed by atoms with Crippen LogP contribution >= 0.6 is 0 Å². The first-order chi connectivity index (χ1) is 14.7. The number of amides is 1. The van der Waals surface area contributed by atoms with E-state index in [0.717, 1.165) is 17.1 Å². The Bertz CT molecular complexity index is 1150. The number of aryl methyl sites for hydroxylation is 1. The average molecular weight is 396 g/mol. The largest absolute Gasteiger partial charge is 0.457 e. The molecule has 0 saturated carbocycles. The van der Waals surface area contributed by atoms with E-state index in [1.807, 2.05) is 37.3 Å². The van der Waals surface area contributed by atoms with E-state index in [1.54, 1.807) is 61.1 Å². The summed E-state index contributed by atoms with van der Waals surface area (Å²) < 4.78 is 5.74. The Kier molecular flexibility index (Phi) is 5.66. The van der Waals surface area contributed by atoms with Gasteiger partial charge in [-0.1, -0.05) is 6.07 Å². The van der Waals surface area contributed by atoms with Crippen molar-refractivity contribution >= 4 is 23.0 Å². The molecule has 2 aromatic heterocycles. The number of pyridine rings is 2. The molecule has 30 heavy (non-hydrogen) atoms. The number of carbonyl (C=O) groups excluding carboxylic acids is 1. The maximum Gasteiger partial charge on any atom is 0.255 e. The number of rotatable bonds is 6. The van der Waals surface area contributed by atoms with Gasteiger partial charge in [-0.15, -0.1) is 0 Å². The quantitative estimate of drug-likeness (QED) is 0.445. The van der Waals surface area contributed by atoms with Gasteiger partial charge >= 0.3 is 0 Å². The SMILES string of the molecule is Cc1cc(Nc2cccc(C(=O)Nc3ccc(Oc4ccncc4)cc3)c2)ccn1. The van der Waals surface area contributed by atoms with Gasteiger partial charge < -0.3 is 15.4 Å². The van der Waals surface area contributed by atoms with Gasteiger partial charge in [0.25, 0.3) is 5.91 Å². The zero-order valence-electron chi connectivity index (χ0n) is 16.4. The molecule has 0 aliphatic carbocycles. The summed E-state index contributed by atoms with van der Waals surface area (Å²) in [4.78, 5) is 20.8. The number of nitrogens with one attached hydrogen (secondary N) is 2. The van der Waals surface area contributed by atoms with Crippen molar-refractivity contribution in [1.82, 2.24) is 9.97 Å². The van der Waals surface area contributed by atoms with Crippen LogP contribution in [0.1, 0.15) is 16.1 Å². The highest BCUT2D eigenvalue weighted by Gasteiger charge is 2.08. The van der Waals surface area contributed by atoms with Gasteiger partial charge in [-0.25, -0.2) is 0 Å². The van der Waals surface area contributed by atoms with Gasteiger partial charge in [0.1, 0.15) is 11.5 Å². The van der Waals surface area contributed by atoms with E-state index < -0.39 is 0 Å². The summed E-state index contributed by atoms with van der Waals surface area (Å²) in [7, 11) is 0. The second kappa shape index (κ2) is 8.87. The van der Waals surface area contributed by atoms with Crippen molar-refractivity contribution in [3.63, 3.8) is 0 Å². The molecule has 6 heteroatoms. The van der Waals surface area contributed by atoms with Crippen LogP contribution in [0.5, 0.6) is 11.5 Å². The number of anilines is 3. The number of hydrogen-bond donors (Lipinski definition) is 2. The highest BCUT2D eigenvalue weighted by Crippen LogP contribution is 2.23. The minimum atomic E-state index is -0.188. The second-order valence-corrected chi connectivity index (χ2v) is 6.66. The fourth-order valence-electron chi connectivity index (χ4n) is 2.88. The first-order valence-electron chi connectivity index (χ1n) is 9.45. The Balaban J connectivity index is 1.41. The highest BCUT2D eigenvalue weighted by atomic mass is 16.5. The number of hydrogen-bond acceptors (Lipinski definition) is 5. The lowest BCUT2D eigenvalue weighted by molar-refractivity contribution is 0.102. The average Bonchev–Trinajstić information content (AvgIpc) is 2.76. The monoisotopic (exact) mass is 396 g/mol. The fraction of sp³-hybridized carbons (Fsp3) is 0.0417. The van der Waals surface area contributed by atoms with Gasteiger partial charge in [-0.3, -0.25) is 14.8 Å². The van der Waals surface area contributed by atoms with Crippen LogP contribution in [0.25, 0.3) is 0 Å². The summed E-state index contributed by atoms with van der Waals surface area (Å²) in [5.41, 5.74) is 3.91. The molecule has 0 fully saturated rings. The maximum atomic E-state index is 12.7. The molecule has 0 spiro atoms. The van der Waals surface area contributed by atoms with Gasteiger partial charge in [-0.2, -0.15) is 0 Å². The van der Waals surface area contributed by atoms with Crippen LogP contribution in [0, 0.1) is 6.92 Å². The Hall–Kier alpha value is -4.19. The van der Waals surface area contributed by atoms with E-state index in [1.165, 1.54) is 0 Å². The summed E-state index contributed by atoms with van der Waals surface area (Å²) >= 11 is 0. The normalized spacial score (nSPS) is 10.3. The van der Waals surface area contributed by atoms with E-state index in [2.05, 4.69) is 20.6 Å². The van der Waals surface area contributed by atoms with Crippen LogP contribution in [0.2, 0.25) is 0 Å². The van der Waals surface area contributed by atoms with Crippen molar-refractivity contribution in [2.24, 2.45) is 0 Å². The molecular formula is C24H20N4O2. The first-order valence-corrected chi connectivity index (χ1v) is 9.45. The Morgan fingerprint density at radius 2 is 1.53 bits per heavy atom.